The maximum absolute atomic E-state index is 12.4. The van der Waals surface area contributed by atoms with Crippen LogP contribution in [0.25, 0.3) is 11.4 Å². The molecule has 0 radical (unpaired) electrons. The fourth-order valence-electron chi connectivity index (χ4n) is 2.74. The predicted octanol–water partition coefficient (Wildman–Crippen LogP) is 2.96. The molecule has 1 heterocycles. The number of hydrogen-bond donors (Lipinski definition) is 1. The van der Waals surface area contributed by atoms with Crippen LogP contribution >= 0.6 is 23.4 Å². The number of nitrogens with two attached hydrogens (primary N) is 1. The number of carbonyl (C=O) groups is 1. The van der Waals surface area contributed by atoms with E-state index in [9.17, 15) is 4.79 Å². The molecule has 0 saturated heterocycles. The molecule has 0 atom stereocenters. The van der Waals surface area contributed by atoms with Crippen molar-refractivity contribution in [2.75, 3.05) is 46.0 Å². The number of nitrogen functional groups attached to an aromatic ring is 1. The second kappa shape index (κ2) is 11.0. The van der Waals surface area contributed by atoms with Crippen molar-refractivity contribution < 1.29 is 19.0 Å². The minimum absolute atomic E-state index is 0.0784. The Balaban J connectivity index is 1.53. The monoisotopic (exact) mass is 477 g/mol. The summed E-state index contributed by atoms with van der Waals surface area (Å²) >= 11 is 7.06. The van der Waals surface area contributed by atoms with Gasteiger partial charge in [-0.25, -0.2) is 4.68 Å². The average molecular weight is 478 g/mol. The molecule has 11 heteroatoms. The Kier molecular flexibility index (Phi) is 8.07. The Morgan fingerprint density at radius 1 is 1.12 bits per heavy atom. The molecule has 0 aliphatic carbocycles. The summed E-state index contributed by atoms with van der Waals surface area (Å²) in [6.45, 7) is 0.805. The van der Waals surface area contributed by atoms with Crippen molar-refractivity contribution in [1.82, 2.24) is 19.8 Å². The van der Waals surface area contributed by atoms with Gasteiger partial charge in [0.1, 0.15) is 12.4 Å². The first-order valence-corrected chi connectivity index (χ1v) is 11.0. The third-order valence-electron chi connectivity index (χ3n) is 4.57. The van der Waals surface area contributed by atoms with Gasteiger partial charge in [-0.2, -0.15) is 0 Å². The van der Waals surface area contributed by atoms with Gasteiger partial charge in [0.15, 0.2) is 17.3 Å². The molecule has 0 saturated carbocycles. The molecule has 2 N–H and O–H groups in total. The van der Waals surface area contributed by atoms with Gasteiger partial charge in [0, 0.05) is 17.6 Å². The van der Waals surface area contributed by atoms with Gasteiger partial charge < -0.3 is 25.0 Å². The van der Waals surface area contributed by atoms with Crippen molar-refractivity contribution in [3.63, 3.8) is 0 Å². The molecule has 2 aromatic carbocycles. The summed E-state index contributed by atoms with van der Waals surface area (Å²) in [5.41, 5.74) is 0.715. The first-order chi connectivity index (χ1) is 15.4. The Hall–Kier alpha value is -3.11. The van der Waals surface area contributed by atoms with Crippen molar-refractivity contribution >= 4 is 29.3 Å². The van der Waals surface area contributed by atoms with Crippen molar-refractivity contribution in [2.24, 2.45) is 0 Å². The van der Waals surface area contributed by atoms with Gasteiger partial charge in [-0.05, 0) is 42.5 Å². The second-order valence-electron chi connectivity index (χ2n) is 6.65. The molecule has 0 spiro atoms. The second-order valence-corrected chi connectivity index (χ2v) is 8.03. The zero-order valence-corrected chi connectivity index (χ0v) is 19.5. The fourth-order valence-corrected chi connectivity index (χ4v) is 3.66. The summed E-state index contributed by atoms with van der Waals surface area (Å²) in [6.07, 6.45) is 0. The average Bonchev–Trinajstić information content (AvgIpc) is 3.18. The van der Waals surface area contributed by atoms with E-state index < -0.39 is 0 Å². The van der Waals surface area contributed by atoms with Crippen LogP contribution in [0, 0.1) is 0 Å². The topological polar surface area (TPSA) is 105 Å². The number of ether oxygens (including phenoxy) is 3. The number of thioether (sulfide) groups is 1. The van der Waals surface area contributed by atoms with E-state index in [4.69, 9.17) is 31.7 Å². The molecular formula is C21H24ClN5O4S. The summed E-state index contributed by atoms with van der Waals surface area (Å²) in [5, 5.41) is 9.32. The summed E-state index contributed by atoms with van der Waals surface area (Å²) < 4.78 is 17.5. The fraction of sp³-hybridized carbons (Fsp3) is 0.286. The Labute approximate surface area is 195 Å². The summed E-state index contributed by atoms with van der Waals surface area (Å²) in [7, 11) is 4.84. The van der Waals surface area contributed by atoms with Crippen LogP contribution in [0.3, 0.4) is 0 Å². The standard InChI is InChI=1S/C21H24ClN5O4S/c1-26(10-11-31-16-7-5-15(22)6-8-16)19(28)13-32-21-25-24-20(27(21)23)14-4-9-17(29-2)18(12-14)30-3/h4-9,12H,10-11,13,23H2,1-3H3. The number of amides is 1. The van der Waals surface area contributed by atoms with Gasteiger partial charge in [0.25, 0.3) is 0 Å². The SMILES string of the molecule is COc1ccc(-c2nnc(SCC(=O)N(C)CCOc3ccc(Cl)cc3)n2N)cc1OC. The highest BCUT2D eigenvalue weighted by molar-refractivity contribution is 7.99. The maximum atomic E-state index is 12.4. The van der Waals surface area contributed by atoms with Gasteiger partial charge in [0.2, 0.25) is 11.1 Å². The molecule has 3 rings (SSSR count). The Morgan fingerprint density at radius 2 is 1.84 bits per heavy atom. The van der Waals surface area contributed by atoms with Crippen molar-refractivity contribution in [3.05, 3.63) is 47.5 Å². The lowest BCUT2D eigenvalue weighted by Gasteiger charge is -2.17. The van der Waals surface area contributed by atoms with Crippen LogP contribution in [0.5, 0.6) is 17.2 Å². The first kappa shape index (κ1) is 23.6. The number of halogens is 1. The van der Waals surface area contributed by atoms with Gasteiger partial charge in [-0.3, -0.25) is 4.79 Å². The number of aromatic nitrogens is 3. The van der Waals surface area contributed by atoms with E-state index in [1.807, 2.05) is 6.07 Å². The molecule has 0 unspecified atom stereocenters. The largest absolute Gasteiger partial charge is 0.493 e. The van der Waals surface area contributed by atoms with E-state index in [0.717, 1.165) is 0 Å². The van der Waals surface area contributed by atoms with Crippen molar-refractivity contribution in [2.45, 2.75) is 5.16 Å². The molecule has 170 valence electrons. The number of nitrogens with zero attached hydrogens (tertiary/aromatic N) is 4. The van der Waals surface area contributed by atoms with Crippen molar-refractivity contribution in [1.29, 1.82) is 0 Å². The quantitative estimate of drug-likeness (QED) is 0.351. The molecule has 0 bridgehead atoms. The molecule has 1 amide bonds. The molecule has 0 aliphatic rings. The Bertz CT molecular complexity index is 1060. The van der Waals surface area contributed by atoms with Crippen LogP contribution in [-0.2, 0) is 4.79 Å². The van der Waals surface area contributed by atoms with E-state index in [2.05, 4.69) is 10.2 Å². The smallest absolute Gasteiger partial charge is 0.232 e. The van der Waals surface area contributed by atoms with Gasteiger partial charge in [-0.1, -0.05) is 23.4 Å². The van der Waals surface area contributed by atoms with Gasteiger partial charge in [0.05, 0.1) is 26.5 Å². The molecule has 1 aromatic heterocycles. The van der Waals surface area contributed by atoms with Gasteiger partial charge >= 0.3 is 0 Å². The third kappa shape index (κ3) is 5.77. The highest BCUT2D eigenvalue weighted by atomic mass is 35.5. The normalized spacial score (nSPS) is 10.6. The molecular weight excluding hydrogens is 454 g/mol. The number of rotatable bonds is 10. The first-order valence-electron chi connectivity index (χ1n) is 9.61. The van der Waals surface area contributed by atoms with Crippen LogP contribution < -0.4 is 20.1 Å². The van der Waals surface area contributed by atoms with Crippen LogP contribution in [0.15, 0.2) is 47.6 Å². The van der Waals surface area contributed by atoms with E-state index in [-0.39, 0.29) is 11.7 Å². The number of likely N-dealkylation sites (N-methyl/N-ethyl adjacent to an activating group) is 1. The van der Waals surface area contributed by atoms with Gasteiger partial charge in [-0.15, -0.1) is 10.2 Å². The third-order valence-corrected chi connectivity index (χ3v) is 5.75. The number of methoxy groups -OCH3 is 2. The molecule has 0 fully saturated rings. The molecule has 32 heavy (non-hydrogen) atoms. The summed E-state index contributed by atoms with van der Waals surface area (Å²) in [6, 6.07) is 12.4. The van der Waals surface area contributed by atoms with E-state index >= 15 is 0 Å². The summed E-state index contributed by atoms with van der Waals surface area (Å²) in [4.78, 5) is 14.0. The Morgan fingerprint density at radius 3 is 2.53 bits per heavy atom. The lowest BCUT2D eigenvalue weighted by molar-refractivity contribution is -0.127. The van der Waals surface area contributed by atoms with Crippen LogP contribution in [-0.4, -0.2) is 65.9 Å². The number of benzene rings is 2. The predicted molar refractivity (Wildman–Crippen MR) is 124 cm³/mol. The van der Waals surface area contributed by atoms with Crippen LogP contribution in [0.1, 0.15) is 0 Å². The van der Waals surface area contributed by atoms with Crippen LogP contribution in [0.2, 0.25) is 5.02 Å². The van der Waals surface area contributed by atoms with E-state index in [1.54, 1.807) is 62.6 Å². The summed E-state index contributed by atoms with van der Waals surface area (Å²) in [5.74, 6) is 8.55. The lowest BCUT2D eigenvalue weighted by Crippen LogP contribution is -2.32. The highest BCUT2D eigenvalue weighted by Crippen LogP contribution is 2.32. The minimum atomic E-state index is -0.0784. The maximum Gasteiger partial charge on any atom is 0.232 e. The highest BCUT2D eigenvalue weighted by Gasteiger charge is 2.17. The molecule has 0 aliphatic heterocycles. The van der Waals surface area contributed by atoms with Crippen LogP contribution in [0.4, 0.5) is 0 Å². The molecule has 9 nitrogen and oxygen atoms in total. The zero-order valence-electron chi connectivity index (χ0n) is 17.9. The minimum Gasteiger partial charge on any atom is -0.493 e. The molecule has 3 aromatic rings. The number of carbonyl (C=O) groups excluding carboxylic acids is 1. The number of hydrogen-bond acceptors (Lipinski definition) is 8. The van der Waals surface area contributed by atoms with E-state index in [0.29, 0.717) is 52.0 Å². The van der Waals surface area contributed by atoms with E-state index in [1.165, 1.54) is 16.4 Å². The zero-order chi connectivity index (χ0) is 23.1. The lowest BCUT2D eigenvalue weighted by atomic mass is 10.2. The van der Waals surface area contributed by atoms with Crippen molar-refractivity contribution in [3.8, 4) is 28.6 Å².